The second-order valence-corrected chi connectivity index (χ2v) is 5.76. The van der Waals surface area contributed by atoms with Gasteiger partial charge in [0.1, 0.15) is 0 Å². The third kappa shape index (κ3) is 4.06. The molecule has 0 radical (unpaired) electrons. The summed E-state index contributed by atoms with van der Waals surface area (Å²) in [6.45, 7) is 2.99. The van der Waals surface area contributed by atoms with Crippen molar-refractivity contribution < 1.29 is 4.79 Å². The monoisotopic (exact) mass is 260 g/mol. The van der Waals surface area contributed by atoms with Crippen LogP contribution in [0.4, 0.5) is 0 Å². The molecule has 3 nitrogen and oxygen atoms in total. The van der Waals surface area contributed by atoms with Gasteiger partial charge in [-0.05, 0) is 36.7 Å². The third-order valence-corrected chi connectivity index (χ3v) is 4.01. The van der Waals surface area contributed by atoms with Crippen molar-refractivity contribution in [3.05, 3.63) is 35.9 Å². The van der Waals surface area contributed by atoms with Crippen LogP contribution in [0, 0.1) is 5.41 Å². The average molecular weight is 260 g/mol. The minimum atomic E-state index is -0.445. The summed E-state index contributed by atoms with van der Waals surface area (Å²) in [6, 6.07) is 9.48. The van der Waals surface area contributed by atoms with Crippen molar-refractivity contribution in [1.82, 2.24) is 5.32 Å². The first-order chi connectivity index (χ1) is 9.15. The molecule has 0 aromatic heterocycles. The van der Waals surface area contributed by atoms with Crippen molar-refractivity contribution in [2.75, 3.05) is 6.54 Å². The fourth-order valence-electron chi connectivity index (χ4n) is 2.59. The summed E-state index contributed by atoms with van der Waals surface area (Å²) < 4.78 is 0. The number of carbonyl (C=O) groups excluding carboxylic acids is 1. The van der Waals surface area contributed by atoms with E-state index in [0.717, 1.165) is 12.1 Å². The number of hydrogen-bond donors (Lipinski definition) is 2. The molecule has 104 valence electrons. The smallest absolute Gasteiger partial charge is 0.237 e. The van der Waals surface area contributed by atoms with E-state index in [0.29, 0.717) is 11.8 Å². The second kappa shape index (κ2) is 6.20. The average Bonchev–Trinajstić information content (AvgIpc) is 3.18. The summed E-state index contributed by atoms with van der Waals surface area (Å²) in [5.41, 5.74) is 7.46. The lowest BCUT2D eigenvalue weighted by molar-refractivity contribution is -0.122. The summed E-state index contributed by atoms with van der Waals surface area (Å²) in [6.07, 6.45) is 5.49. The van der Waals surface area contributed by atoms with E-state index in [4.69, 9.17) is 5.73 Å². The van der Waals surface area contributed by atoms with Crippen molar-refractivity contribution >= 4 is 5.91 Å². The van der Waals surface area contributed by atoms with Crippen molar-refractivity contribution in [2.45, 2.75) is 45.1 Å². The number of carbonyl (C=O) groups is 1. The van der Waals surface area contributed by atoms with Crippen LogP contribution in [0.3, 0.4) is 0 Å². The van der Waals surface area contributed by atoms with Crippen LogP contribution in [-0.2, 0) is 11.2 Å². The SMILES string of the molecule is CCCC1(CNC(=O)[C@H](N)Cc2ccccc2)CC1. The zero-order chi connectivity index (χ0) is 13.7. The van der Waals surface area contributed by atoms with Crippen LogP contribution in [0.5, 0.6) is 0 Å². The molecule has 1 aromatic rings. The minimum absolute atomic E-state index is 0.0220. The van der Waals surface area contributed by atoms with E-state index in [1.165, 1.54) is 25.7 Å². The van der Waals surface area contributed by atoms with E-state index in [2.05, 4.69) is 12.2 Å². The Bertz CT molecular complexity index is 412. The standard InChI is InChI=1S/C16H24N2O/c1-2-8-16(9-10-16)12-18-15(19)14(17)11-13-6-4-3-5-7-13/h3-7,14H,2,8-12,17H2,1H3,(H,18,19)/t14-/m1/s1. The van der Waals surface area contributed by atoms with Gasteiger partial charge in [0.25, 0.3) is 0 Å². The van der Waals surface area contributed by atoms with Gasteiger partial charge in [-0.15, -0.1) is 0 Å². The molecule has 2 rings (SSSR count). The normalized spacial score (nSPS) is 17.8. The lowest BCUT2D eigenvalue weighted by Crippen LogP contribution is -2.44. The Balaban J connectivity index is 1.77. The zero-order valence-corrected chi connectivity index (χ0v) is 11.7. The molecule has 3 N–H and O–H groups in total. The summed E-state index contributed by atoms with van der Waals surface area (Å²) in [4.78, 5) is 12.0. The maximum absolute atomic E-state index is 12.0. The van der Waals surface area contributed by atoms with Crippen LogP contribution in [-0.4, -0.2) is 18.5 Å². The quantitative estimate of drug-likeness (QED) is 0.790. The van der Waals surface area contributed by atoms with E-state index < -0.39 is 6.04 Å². The van der Waals surface area contributed by atoms with Gasteiger partial charge < -0.3 is 11.1 Å². The van der Waals surface area contributed by atoms with Crippen LogP contribution in [0.1, 0.15) is 38.2 Å². The molecule has 1 aromatic carbocycles. The molecule has 19 heavy (non-hydrogen) atoms. The maximum atomic E-state index is 12.0. The lowest BCUT2D eigenvalue weighted by Gasteiger charge is -2.17. The van der Waals surface area contributed by atoms with Crippen LogP contribution >= 0.6 is 0 Å². The summed E-state index contributed by atoms with van der Waals surface area (Å²) in [5.74, 6) is -0.0220. The first kappa shape index (κ1) is 14.1. The molecule has 0 spiro atoms. The molecule has 0 saturated heterocycles. The molecule has 0 unspecified atom stereocenters. The zero-order valence-electron chi connectivity index (χ0n) is 11.7. The van der Waals surface area contributed by atoms with Gasteiger partial charge in [-0.3, -0.25) is 4.79 Å². The summed E-state index contributed by atoms with van der Waals surface area (Å²) in [7, 11) is 0. The molecule has 0 bridgehead atoms. The molecule has 3 heteroatoms. The van der Waals surface area contributed by atoms with Gasteiger partial charge >= 0.3 is 0 Å². The van der Waals surface area contributed by atoms with Crippen LogP contribution in [0.2, 0.25) is 0 Å². The Kier molecular flexibility index (Phi) is 4.59. The summed E-state index contributed by atoms with van der Waals surface area (Å²) in [5, 5.41) is 3.03. The predicted octanol–water partition coefficient (Wildman–Crippen LogP) is 2.25. The highest BCUT2D eigenvalue weighted by Crippen LogP contribution is 2.48. The van der Waals surface area contributed by atoms with Gasteiger partial charge in [0, 0.05) is 6.54 Å². The Morgan fingerprint density at radius 2 is 2.05 bits per heavy atom. The molecule has 1 atom stereocenters. The molecular weight excluding hydrogens is 236 g/mol. The van der Waals surface area contributed by atoms with Crippen LogP contribution < -0.4 is 11.1 Å². The number of hydrogen-bond acceptors (Lipinski definition) is 2. The van der Waals surface area contributed by atoms with Crippen molar-refractivity contribution in [3.63, 3.8) is 0 Å². The van der Waals surface area contributed by atoms with E-state index in [1.54, 1.807) is 0 Å². The molecule has 0 aliphatic heterocycles. The van der Waals surface area contributed by atoms with Gasteiger partial charge in [0.2, 0.25) is 5.91 Å². The Labute approximate surface area is 115 Å². The number of amides is 1. The molecule has 1 aliphatic carbocycles. The molecule has 1 saturated carbocycles. The number of nitrogens with two attached hydrogens (primary N) is 1. The molecule has 1 aliphatic rings. The Hall–Kier alpha value is -1.35. The predicted molar refractivity (Wildman–Crippen MR) is 77.7 cm³/mol. The van der Waals surface area contributed by atoms with Crippen LogP contribution in [0.25, 0.3) is 0 Å². The number of benzene rings is 1. The first-order valence-corrected chi connectivity index (χ1v) is 7.22. The summed E-state index contributed by atoms with van der Waals surface area (Å²) >= 11 is 0. The molecular formula is C16H24N2O. The highest BCUT2D eigenvalue weighted by atomic mass is 16.2. The second-order valence-electron chi connectivity index (χ2n) is 5.76. The fraction of sp³-hybridized carbons (Fsp3) is 0.562. The van der Waals surface area contributed by atoms with Crippen molar-refractivity contribution in [1.29, 1.82) is 0 Å². The van der Waals surface area contributed by atoms with Gasteiger partial charge in [-0.2, -0.15) is 0 Å². The number of rotatable bonds is 7. The van der Waals surface area contributed by atoms with Gasteiger partial charge in [-0.1, -0.05) is 43.7 Å². The highest BCUT2D eigenvalue weighted by molar-refractivity contribution is 5.81. The Morgan fingerprint density at radius 3 is 2.63 bits per heavy atom. The van der Waals surface area contributed by atoms with E-state index in [9.17, 15) is 4.79 Å². The van der Waals surface area contributed by atoms with E-state index in [1.807, 2.05) is 30.3 Å². The molecule has 0 heterocycles. The van der Waals surface area contributed by atoms with Crippen LogP contribution in [0.15, 0.2) is 30.3 Å². The molecule has 1 amide bonds. The number of nitrogens with one attached hydrogen (secondary N) is 1. The van der Waals surface area contributed by atoms with Gasteiger partial charge in [0.15, 0.2) is 0 Å². The topological polar surface area (TPSA) is 55.1 Å². The fourth-order valence-corrected chi connectivity index (χ4v) is 2.59. The first-order valence-electron chi connectivity index (χ1n) is 7.22. The lowest BCUT2D eigenvalue weighted by atomic mass is 10.0. The van der Waals surface area contributed by atoms with Crippen molar-refractivity contribution in [3.8, 4) is 0 Å². The minimum Gasteiger partial charge on any atom is -0.354 e. The van der Waals surface area contributed by atoms with E-state index >= 15 is 0 Å². The highest BCUT2D eigenvalue weighted by Gasteiger charge is 2.41. The van der Waals surface area contributed by atoms with Gasteiger partial charge in [0.05, 0.1) is 6.04 Å². The molecule has 1 fully saturated rings. The largest absolute Gasteiger partial charge is 0.354 e. The Morgan fingerprint density at radius 1 is 1.37 bits per heavy atom. The van der Waals surface area contributed by atoms with Crippen molar-refractivity contribution in [2.24, 2.45) is 11.1 Å². The van der Waals surface area contributed by atoms with E-state index in [-0.39, 0.29) is 5.91 Å². The third-order valence-electron chi connectivity index (χ3n) is 4.01. The maximum Gasteiger partial charge on any atom is 0.237 e. The van der Waals surface area contributed by atoms with Gasteiger partial charge in [-0.25, -0.2) is 0 Å².